The molecule has 4 heteroatoms. The lowest BCUT2D eigenvalue weighted by Gasteiger charge is -2.18. The standard InChI is InChI=1S/C12H23N3S/c1-3-11(12-14-7-8-16-12)15-9-10(2)5-4-6-13/h7-8,10-11,15H,3-6,9,13H2,1-2H3. The molecule has 3 N–H and O–H groups in total. The van der Waals surface area contributed by atoms with Crippen LogP contribution in [0.25, 0.3) is 0 Å². The predicted octanol–water partition coefficient (Wildman–Crippen LogP) is 2.56. The Morgan fingerprint density at radius 1 is 1.56 bits per heavy atom. The number of nitrogens with one attached hydrogen (secondary N) is 1. The summed E-state index contributed by atoms with van der Waals surface area (Å²) in [7, 11) is 0. The third-order valence-corrected chi connectivity index (χ3v) is 3.66. The van der Waals surface area contributed by atoms with Crippen LogP contribution in [0.1, 0.15) is 44.2 Å². The third kappa shape index (κ3) is 4.60. The van der Waals surface area contributed by atoms with Crippen LogP contribution in [0.4, 0.5) is 0 Å². The van der Waals surface area contributed by atoms with Crippen LogP contribution in [-0.4, -0.2) is 18.1 Å². The SMILES string of the molecule is CCC(NCC(C)CCCN)c1nccs1. The van der Waals surface area contributed by atoms with Gasteiger partial charge in [0.25, 0.3) is 0 Å². The lowest BCUT2D eigenvalue weighted by molar-refractivity contribution is 0.421. The van der Waals surface area contributed by atoms with Gasteiger partial charge in [-0.15, -0.1) is 11.3 Å². The number of rotatable bonds is 8. The molecule has 3 nitrogen and oxygen atoms in total. The molecule has 1 aromatic rings. The number of aromatic nitrogens is 1. The first kappa shape index (κ1) is 13.6. The maximum Gasteiger partial charge on any atom is 0.109 e. The number of nitrogens with zero attached hydrogens (tertiary/aromatic N) is 1. The molecule has 1 rings (SSSR count). The molecular formula is C12H23N3S. The normalized spacial score (nSPS) is 14.9. The molecule has 0 saturated heterocycles. The first-order valence-electron chi connectivity index (χ1n) is 6.10. The average Bonchev–Trinajstić information content (AvgIpc) is 2.81. The Labute approximate surface area is 102 Å². The average molecular weight is 241 g/mol. The van der Waals surface area contributed by atoms with Crippen LogP contribution < -0.4 is 11.1 Å². The highest BCUT2D eigenvalue weighted by Crippen LogP contribution is 2.19. The molecule has 0 amide bonds. The molecule has 0 spiro atoms. The first-order chi connectivity index (χ1) is 7.77. The maximum absolute atomic E-state index is 5.51. The van der Waals surface area contributed by atoms with Crippen molar-refractivity contribution in [1.29, 1.82) is 0 Å². The first-order valence-corrected chi connectivity index (χ1v) is 6.98. The van der Waals surface area contributed by atoms with Crippen molar-refractivity contribution in [3.63, 3.8) is 0 Å². The van der Waals surface area contributed by atoms with Gasteiger partial charge in [-0.1, -0.05) is 13.8 Å². The van der Waals surface area contributed by atoms with Gasteiger partial charge in [0.1, 0.15) is 5.01 Å². The van der Waals surface area contributed by atoms with Gasteiger partial charge in [-0.3, -0.25) is 0 Å². The quantitative estimate of drug-likeness (QED) is 0.735. The van der Waals surface area contributed by atoms with E-state index in [2.05, 4.69) is 24.1 Å². The van der Waals surface area contributed by atoms with Crippen molar-refractivity contribution in [2.24, 2.45) is 11.7 Å². The lowest BCUT2D eigenvalue weighted by Crippen LogP contribution is -2.26. The number of hydrogen-bond acceptors (Lipinski definition) is 4. The molecule has 0 aromatic carbocycles. The Kier molecular flexibility index (Phi) is 6.61. The zero-order valence-electron chi connectivity index (χ0n) is 10.3. The Balaban J connectivity index is 2.29. The second kappa shape index (κ2) is 7.76. The zero-order chi connectivity index (χ0) is 11.8. The molecule has 16 heavy (non-hydrogen) atoms. The summed E-state index contributed by atoms with van der Waals surface area (Å²) in [5.41, 5.74) is 5.51. The minimum absolute atomic E-state index is 0.417. The number of hydrogen-bond donors (Lipinski definition) is 2. The molecule has 2 unspecified atom stereocenters. The second-order valence-electron chi connectivity index (χ2n) is 4.28. The molecule has 0 aliphatic carbocycles. The summed E-state index contributed by atoms with van der Waals surface area (Å²) < 4.78 is 0. The summed E-state index contributed by atoms with van der Waals surface area (Å²) in [5, 5.41) is 6.83. The molecular weight excluding hydrogens is 218 g/mol. The smallest absolute Gasteiger partial charge is 0.109 e. The summed E-state index contributed by atoms with van der Waals surface area (Å²) in [6.45, 7) is 6.33. The minimum atomic E-state index is 0.417. The predicted molar refractivity (Wildman–Crippen MR) is 70.6 cm³/mol. The van der Waals surface area contributed by atoms with Crippen LogP contribution in [-0.2, 0) is 0 Å². The van der Waals surface area contributed by atoms with Crippen molar-refractivity contribution in [2.75, 3.05) is 13.1 Å². The van der Waals surface area contributed by atoms with E-state index in [1.807, 2.05) is 11.6 Å². The highest BCUT2D eigenvalue weighted by Gasteiger charge is 2.12. The topological polar surface area (TPSA) is 50.9 Å². The van der Waals surface area contributed by atoms with Crippen LogP contribution in [0.15, 0.2) is 11.6 Å². The van der Waals surface area contributed by atoms with Gasteiger partial charge in [0.15, 0.2) is 0 Å². The minimum Gasteiger partial charge on any atom is -0.330 e. The van der Waals surface area contributed by atoms with Gasteiger partial charge in [0.05, 0.1) is 6.04 Å². The van der Waals surface area contributed by atoms with Gasteiger partial charge in [-0.25, -0.2) is 4.98 Å². The lowest BCUT2D eigenvalue weighted by atomic mass is 10.1. The Morgan fingerprint density at radius 2 is 2.38 bits per heavy atom. The van der Waals surface area contributed by atoms with Crippen LogP contribution >= 0.6 is 11.3 Å². The summed E-state index contributed by atoms with van der Waals surface area (Å²) in [6, 6.07) is 0.417. The van der Waals surface area contributed by atoms with Crippen molar-refractivity contribution in [3.05, 3.63) is 16.6 Å². The van der Waals surface area contributed by atoms with Crippen LogP contribution in [0.5, 0.6) is 0 Å². The molecule has 1 heterocycles. The second-order valence-corrected chi connectivity index (χ2v) is 5.20. The molecule has 0 fully saturated rings. The fourth-order valence-electron chi connectivity index (χ4n) is 1.72. The van der Waals surface area contributed by atoms with Gasteiger partial charge in [0, 0.05) is 11.6 Å². The maximum atomic E-state index is 5.51. The highest BCUT2D eigenvalue weighted by atomic mass is 32.1. The van der Waals surface area contributed by atoms with Crippen LogP contribution in [0.2, 0.25) is 0 Å². The Morgan fingerprint density at radius 3 is 2.94 bits per heavy atom. The van der Waals surface area contributed by atoms with Gasteiger partial charge < -0.3 is 11.1 Å². The van der Waals surface area contributed by atoms with E-state index in [-0.39, 0.29) is 0 Å². The van der Waals surface area contributed by atoms with Crippen molar-refractivity contribution < 1.29 is 0 Å². The van der Waals surface area contributed by atoms with E-state index < -0.39 is 0 Å². The van der Waals surface area contributed by atoms with Gasteiger partial charge in [-0.2, -0.15) is 0 Å². The molecule has 0 bridgehead atoms. The zero-order valence-corrected chi connectivity index (χ0v) is 11.1. The molecule has 0 saturated carbocycles. The van der Waals surface area contributed by atoms with E-state index in [1.165, 1.54) is 11.4 Å². The van der Waals surface area contributed by atoms with Crippen molar-refractivity contribution >= 4 is 11.3 Å². The Hall–Kier alpha value is -0.450. The molecule has 0 aliphatic heterocycles. The van der Waals surface area contributed by atoms with E-state index in [0.717, 1.165) is 25.9 Å². The fraction of sp³-hybridized carbons (Fsp3) is 0.750. The van der Waals surface area contributed by atoms with Gasteiger partial charge >= 0.3 is 0 Å². The monoisotopic (exact) mass is 241 g/mol. The third-order valence-electron chi connectivity index (χ3n) is 2.77. The molecule has 0 aliphatic rings. The molecule has 0 radical (unpaired) electrons. The Bertz CT molecular complexity index is 261. The largest absolute Gasteiger partial charge is 0.330 e. The molecule has 92 valence electrons. The summed E-state index contributed by atoms with van der Waals surface area (Å²) in [4.78, 5) is 4.36. The van der Waals surface area contributed by atoms with Crippen LogP contribution in [0, 0.1) is 5.92 Å². The van der Waals surface area contributed by atoms with Crippen molar-refractivity contribution in [1.82, 2.24) is 10.3 Å². The molecule has 2 atom stereocenters. The van der Waals surface area contributed by atoms with Gasteiger partial charge in [0.2, 0.25) is 0 Å². The van der Waals surface area contributed by atoms with E-state index in [4.69, 9.17) is 5.73 Å². The fourth-order valence-corrected chi connectivity index (χ4v) is 2.52. The van der Waals surface area contributed by atoms with E-state index in [9.17, 15) is 0 Å². The van der Waals surface area contributed by atoms with E-state index in [1.54, 1.807) is 11.3 Å². The summed E-state index contributed by atoms with van der Waals surface area (Å²) >= 11 is 1.73. The highest BCUT2D eigenvalue weighted by molar-refractivity contribution is 7.09. The summed E-state index contributed by atoms with van der Waals surface area (Å²) in [5.74, 6) is 0.692. The summed E-state index contributed by atoms with van der Waals surface area (Å²) in [6.07, 6.45) is 5.30. The van der Waals surface area contributed by atoms with Crippen molar-refractivity contribution in [2.45, 2.75) is 39.2 Å². The van der Waals surface area contributed by atoms with Gasteiger partial charge in [-0.05, 0) is 38.3 Å². The molecule has 1 aromatic heterocycles. The van der Waals surface area contributed by atoms with Crippen LogP contribution in [0.3, 0.4) is 0 Å². The number of nitrogens with two attached hydrogens (primary N) is 1. The van der Waals surface area contributed by atoms with E-state index >= 15 is 0 Å². The van der Waals surface area contributed by atoms with Crippen molar-refractivity contribution in [3.8, 4) is 0 Å². The van der Waals surface area contributed by atoms with E-state index in [0.29, 0.717) is 12.0 Å². The number of thiazole rings is 1.